The van der Waals surface area contributed by atoms with Gasteiger partial charge in [-0.15, -0.1) is 0 Å². The number of nitrogens with one attached hydrogen (secondary N) is 1. The second-order valence-corrected chi connectivity index (χ2v) is 5.43. The van der Waals surface area contributed by atoms with Crippen LogP contribution in [-0.4, -0.2) is 26.5 Å². The highest BCUT2D eigenvalue weighted by Gasteiger charge is 2.36. The van der Waals surface area contributed by atoms with Gasteiger partial charge in [-0.1, -0.05) is 18.2 Å². The molecule has 1 aliphatic rings. The Morgan fingerprint density at radius 1 is 1.30 bits per heavy atom. The second-order valence-electron chi connectivity index (χ2n) is 5.43. The van der Waals surface area contributed by atoms with Crippen LogP contribution >= 0.6 is 0 Å². The first-order chi connectivity index (χ1) is 10.8. The highest BCUT2D eigenvalue weighted by Crippen LogP contribution is 2.27. The fourth-order valence-electron chi connectivity index (χ4n) is 2.65. The van der Waals surface area contributed by atoms with Gasteiger partial charge < -0.3 is 10.1 Å². The zero-order chi connectivity index (χ0) is 16.6. The van der Waals surface area contributed by atoms with Crippen molar-refractivity contribution in [3.63, 3.8) is 0 Å². The van der Waals surface area contributed by atoms with Crippen LogP contribution in [0.25, 0.3) is 0 Å². The number of phenolic OH excluding ortho intramolecular Hbond substituents is 1. The number of hydrogen-bond donors (Lipinski definition) is 2. The molecular formula is C15H14F3N3O2. The maximum absolute atomic E-state index is 12.8. The van der Waals surface area contributed by atoms with Gasteiger partial charge >= 0.3 is 6.18 Å². The van der Waals surface area contributed by atoms with Crippen molar-refractivity contribution in [2.24, 2.45) is 0 Å². The van der Waals surface area contributed by atoms with Crippen LogP contribution in [0.3, 0.4) is 0 Å². The van der Waals surface area contributed by atoms with Crippen LogP contribution in [0.4, 0.5) is 13.2 Å². The molecule has 8 heteroatoms. The minimum Gasteiger partial charge on any atom is -0.508 e. The van der Waals surface area contributed by atoms with Crippen LogP contribution in [0.2, 0.25) is 0 Å². The van der Waals surface area contributed by atoms with E-state index in [0.717, 1.165) is 0 Å². The molecule has 1 aromatic carbocycles. The molecule has 2 N–H and O–H groups in total. The van der Waals surface area contributed by atoms with E-state index in [-0.39, 0.29) is 18.0 Å². The average Bonchev–Trinajstić information content (AvgIpc) is 2.48. The molecule has 0 unspecified atom stereocenters. The number of aromatic amines is 1. The Morgan fingerprint density at radius 2 is 2.04 bits per heavy atom. The lowest BCUT2D eigenvalue weighted by molar-refractivity contribution is -0.145. The van der Waals surface area contributed by atoms with Crippen LogP contribution in [0, 0.1) is 0 Å². The largest absolute Gasteiger partial charge is 0.508 e. The van der Waals surface area contributed by atoms with Gasteiger partial charge in [-0.05, 0) is 12.5 Å². The number of hydrogen-bond acceptors (Lipinski definition) is 4. The summed E-state index contributed by atoms with van der Waals surface area (Å²) in [7, 11) is 0. The van der Waals surface area contributed by atoms with Crippen molar-refractivity contribution in [3.8, 4) is 5.75 Å². The van der Waals surface area contributed by atoms with Crippen LogP contribution < -0.4 is 5.56 Å². The molecular weight excluding hydrogens is 311 g/mol. The van der Waals surface area contributed by atoms with Crippen LogP contribution in [-0.2, 0) is 25.7 Å². The Morgan fingerprint density at radius 3 is 2.74 bits per heavy atom. The number of benzene rings is 1. The molecule has 0 saturated heterocycles. The zero-order valence-electron chi connectivity index (χ0n) is 12.0. The van der Waals surface area contributed by atoms with E-state index in [1.165, 1.54) is 0 Å². The molecule has 0 radical (unpaired) electrons. The summed E-state index contributed by atoms with van der Waals surface area (Å²) in [6.07, 6.45) is -4.36. The minimum atomic E-state index is -4.69. The van der Waals surface area contributed by atoms with E-state index in [2.05, 4.69) is 4.98 Å². The number of rotatable bonds is 2. The Hall–Kier alpha value is -2.35. The maximum atomic E-state index is 12.8. The number of H-pyrrole nitrogens is 1. The van der Waals surface area contributed by atoms with Gasteiger partial charge in [0.15, 0.2) is 0 Å². The van der Waals surface area contributed by atoms with Crippen LogP contribution in [0.1, 0.15) is 22.6 Å². The molecule has 2 heterocycles. The number of aromatic nitrogens is 2. The van der Waals surface area contributed by atoms with Gasteiger partial charge in [-0.3, -0.25) is 9.69 Å². The summed E-state index contributed by atoms with van der Waals surface area (Å²) in [5.41, 5.74) is 0.385. The molecule has 1 aromatic heterocycles. The lowest BCUT2D eigenvalue weighted by Crippen LogP contribution is -2.36. The number of aromatic hydroxyl groups is 1. The molecule has 0 bridgehead atoms. The van der Waals surface area contributed by atoms with Crippen molar-refractivity contribution >= 4 is 0 Å². The Bertz CT molecular complexity index is 786. The van der Waals surface area contributed by atoms with E-state index in [1.54, 1.807) is 29.2 Å². The van der Waals surface area contributed by atoms with E-state index < -0.39 is 17.6 Å². The first-order valence-corrected chi connectivity index (χ1v) is 7.03. The molecule has 2 aromatic rings. The SMILES string of the molecule is O=c1[nH]c(C(F)(F)F)nc2c1CCN(Cc1ccccc1O)C2. The smallest absolute Gasteiger partial charge is 0.449 e. The minimum absolute atomic E-state index is 0.133. The monoisotopic (exact) mass is 325 g/mol. The molecule has 0 amide bonds. The molecule has 5 nitrogen and oxygen atoms in total. The van der Waals surface area contributed by atoms with E-state index in [4.69, 9.17) is 0 Å². The average molecular weight is 325 g/mol. The van der Waals surface area contributed by atoms with Crippen molar-refractivity contribution < 1.29 is 18.3 Å². The molecule has 0 fully saturated rings. The summed E-state index contributed by atoms with van der Waals surface area (Å²) in [5, 5.41) is 9.79. The van der Waals surface area contributed by atoms with Crippen LogP contribution in [0.5, 0.6) is 5.75 Å². The number of alkyl halides is 3. The predicted octanol–water partition coefficient (Wildman–Crippen LogP) is 2.05. The first kappa shape index (κ1) is 15.5. The topological polar surface area (TPSA) is 69.2 Å². The highest BCUT2D eigenvalue weighted by atomic mass is 19.4. The Balaban J connectivity index is 1.87. The van der Waals surface area contributed by atoms with Gasteiger partial charge in [0.05, 0.1) is 5.69 Å². The zero-order valence-corrected chi connectivity index (χ0v) is 12.0. The summed E-state index contributed by atoms with van der Waals surface area (Å²) in [6.45, 7) is 1.02. The molecule has 122 valence electrons. The summed E-state index contributed by atoms with van der Waals surface area (Å²) < 4.78 is 38.3. The van der Waals surface area contributed by atoms with Gasteiger partial charge in [0.1, 0.15) is 5.75 Å². The van der Waals surface area contributed by atoms with Gasteiger partial charge in [0.2, 0.25) is 5.82 Å². The molecule has 0 aliphatic carbocycles. The quantitative estimate of drug-likeness (QED) is 0.887. The van der Waals surface area contributed by atoms with Gasteiger partial charge in [-0.25, -0.2) is 4.98 Å². The summed E-state index contributed by atoms with van der Waals surface area (Å²) in [6, 6.07) is 6.77. The predicted molar refractivity (Wildman–Crippen MR) is 75.8 cm³/mol. The number of para-hydroxylation sites is 1. The molecule has 0 saturated carbocycles. The van der Waals surface area contributed by atoms with Crippen molar-refractivity contribution in [3.05, 3.63) is 57.3 Å². The third-order valence-corrected chi connectivity index (χ3v) is 3.81. The number of fused-ring (bicyclic) bond motifs is 1. The molecule has 0 spiro atoms. The van der Waals surface area contributed by atoms with Crippen LogP contribution in [0.15, 0.2) is 29.1 Å². The lowest BCUT2D eigenvalue weighted by atomic mass is 10.1. The van der Waals surface area contributed by atoms with E-state index in [1.807, 2.05) is 4.90 Å². The Labute approximate surface area is 129 Å². The summed E-state index contributed by atoms with van der Waals surface area (Å²) in [4.78, 5) is 19.0. The standard InChI is InChI=1S/C15H14F3N3O2/c16-15(17,18)14-19-11-8-21(6-5-10(11)13(23)20-14)7-9-3-1-2-4-12(9)22/h1-4,22H,5-8H2,(H,19,20,23). The molecule has 0 atom stereocenters. The van der Waals surface area contributed by atoms with E-state index in [9.17, 15) is 23.1 Å². The van der Waals surface area contributed by atoms with Crippen molar-refractivity contribution in [1.29, 1.82) is 0 Å². The third kappa shape index (κ3) is 3.21. The molecule has 3 rings (SSSR count). The fraction of sp³-hybridized carbons (Fsp3) is 0.333. The van der Waals surface area contributed by atoms with Crippen molar-refractivity contribution in [1.82, 2.24) is 14.9 Å². The Kier molecular flexibility index (Phi) is 3.85. The maximum Gasteiger partial charge on any atom is 0.449 e. The lowest BCUT2D eigenvalue weighted by Gasteiger charge is -2.28. The first-order valence-electron chi connectivity index (χ1n) is 7.03. The second kappa shape index (κ2) is 5.69. The highest BCUT2D eigenvalue weighted by molar-refractivity contribution is 5.32. The normalized spacial score (nSPS) is 15.4. The van der Waals surface area contributed by atoms with E-state index in [0.29, 0.717) is 30.6 Å². The summed E-state index contributed by atoms with van der Waals surface area (Å²) in [5.74, 6) is -1.14. The van der Waals surface area contributed by atoms with Gasteiger partial charge in [-0.2, -0.15) is 13.2 Å². The number of halogens is 3. The third-order valence-electron chi connectivity index (χ3n) is 3.81. The summed E-state index contributed by atoms with van der Waals surface area (Å²) >= 11 is 0. The molecule has 1 aliphatic heterocycles. The van der Waals surface area contributed by atoms with Gasteiger partial charge in [0.25, 0.3) is 5.56 Å². The van der Waals surface area contributed by atoms with E-state index >= 15 is 0 Å². The fourth-order valence-corrected chi connectivity index (χ4v) is 2.65. The number of nitrogens with zero attached hydrogens (tertiary/aromatic N) is 2. The molecule has 23 heavy (non-hydrogen) atoms. The van der Waals surface area contributed by atoms with Crippen molar-refractivity contribution in [2.75, 3.05) is 6.54 Å². The van der Waals surface area contributed by atoms with Crippen molar-refractivity contribution in [2.45, 2.75) is 25.7 Å². The number of phenols is 1. The van der Waals surface area contributed by atoms with Gasteiger partial charge in [0, 0.05) is 30.8 Å².